The summed E-state index contributed by atoms with van der Waals surface area (Å²) < 4.78 is 1.33. The van der Waals surface area contributed by atoms with Crippen LogP contribution in [0, 0.1) is 11.8 Å². The molecular weight excluding hydrogens is 484 g/mol. The lowest BCUT2D eigenvalue weighted by Crippen LogP contribution is -2.38. The van der Waals surface area contributed by atoms with E-state index >= 15 is 0 Å². The Kier molecular flexibility index (Phi) is 6.86. The summed E-state index contributed by atoms with van der Waals surface area (Å²) in [5.74, 6) is -1.06. The maximum Gasteiger partial charge on any atom is 0.277 e. The summed E-state index contributed by atoms with van der Waals surface area (Å²) in [6.45, 7) is 0.265. The van der Waals surface area contributed by atoms with Gasteiger partial charge in [-0.3, -0.25) is 14.8 Å². The lowest BCUT2D eigenvalue weighted by atomic mass is 9.95. The quantitative estimate of drug-likeness (QED) is 0.288. The van der Waals surface area contributed by atoms with Crippen LogP contribution in [0.4, 0.5) is 0 Å². The lowest BCUT2D eigenvalue weighted by Gasteiger charge is -2.23. The Morgan fingerprint density at radius 1 is 1.03 bits per heavy atom. The summed E-state index contributed by atoms with van der Waals surface area (Å²) in [5, 5.41) is 18.8. The van der Waals surface area contributed by atoms with E-state index < -0.39 is 11.8 Å². The molecule has 0 aliphatic heterocycles. The number of amides is 1. The van der Waals surface area contributed by atoms with Gasteiger partial charge in [0.05, 0.1) is 17.8 Å². The fraction of sp³-hybridized carbons (Fsp3) is 0.231. The highest BCUT2D eigenvalue weighted by Crippen LogP contribution is 2.43. The number of carbonyl (C=O) groups excluding carboxylic acids is 1. The van der Waals surface area contributed by atoms with Crippen molar-refractivity contribution in [2.24, 2.45) is 11.8 Å². The molecule has 1 fully saturated rings. The Bertz CT molecular complexity index is 1410. The zero-order chi connectivity index (χ0) is 24.4. The number of nitrogens with one attached hydrogen (secondary N) is 1. The van der Waals surface area contributed by atoms with Crippen LogP contribution in [0.25, 0.3) is 22.0 Å². The van der Waals surface area contributed by atoms with Crippen LogP contribution in [-0.2, 0) is 11.3 Å². The molecule has 7 nitrogen and oxygen atoms in total. The summed E-state index contributed by atoms with van der Waals surface area (Å²) in [5.41, 5.74) is 4.30. The Morgan fingerprint density at radius 2 is 1.71 bits per heavy atom. The van der Waals surface area contributed by atoms with Crippen molar-refractivity contribution in [1.29, 1.82) is 0 Å². The van der Waals surface area contributed by atoms with Crippen molar-refractivity contribution in [2.45, 2.75) is 29.5 Å². The monoisotopic (exact) mass is 506 g/mol. The summed E-state index contributed by atoms with van der Waals surface area (Å²) in [6, 6.07) is 22.9. The van der Waals surface area contributed by atoms with Crippen LogP contribution in [0.3, 0.4) is 0 Å². The number of halogens is 1. The van der Waals surface area contributed by atoms with Gasteiger partial charge in [0.15, 0.2) is 0 Å². The van der Waals surface area contributed by atoms with Gasteiger partial charge in [-0.25, -0.2) is 10.2 Å². The van der Waals surface area contributed by atoms with E-state index in [0.717, 1.165) is 28.9 Å². The first-order valence-electron chi connectivity index (χ1n) is 11.3. The molecule has 4 aromatic rings. The molecule has 1 amide bonds. The molecule has 3 aromatic carbocycles. The first kappa shape index (κ1) is 23.5. The predicted octanol–water partition coefficient (Wildman–Crippen LogP) is 4.80. The molecule has 0 radical (unpaired) electrons. The van der Waals surface area contributed by atoms with Crippen molar-refractivity contribution in [1.82, 2.24) is 20.5 Å². The first-order chi connectivity index (χ1) is 17.0. The standard InChI is InChI=1S/C26H23ClN4O3S/c27-19-10-5-16(6-11-19)17-7-12-20(13-8-17)35-23-14-9-18(24(23)25(32)29-34)15-31-26(33)21-3-1-2-4-22(21)28-30-31/h1-8,10-13,18,23-24,34H,9,14-15H2,(H,29,32). The summed E-state index contributed by atoms with van der Waals surface area (Å²) in [7, 11) is 0. The minimum atomic E-state index is -0.471. The highest BCUT2D eigenvalue weighted by Gasteiger charge is 2.42. The maximum atomic E-state index is 12.9. The third-order valence-corrected chi connectivity index (χ3v) is 8.13. The van der Waals surface area contributed by atoms with E-state index in [1.807, 2.05) is 60.1 Å². The van der Waals surface area contributed by atoms with Crippen LogP contribution >= 0.6 is 23.4 Å². The van der Waals surface area contributed by atoms with Gasteiger partial charge in [0.2, 0.25) is 5.91 Å². The van der Waals surface area contributed by atoms with Gasteiger partial charge in [-0.1, -0.05) is 53.2 Å². The highest BCUT2D eigenvalue weighted by atomic mass is 35.5. The number of aromatic nitrogens is 3. The minimum absolute atomic E-state index is 0.0438. The number of rotatable bonds is 6. The average molecular weight is 507 g/mol. The minimum Gasteiger partial charge on any atom is -0.289 e. The molecule has 178 valence electrons. The second-order valence-electron chi connectivity index (χ2n) is 8.62. The van der Waals surface area contributed by atoms with Crippen LogP contribution in [0.5, 0.6) is 0 Å². The Morgan fingerprint density at radius 3 is 2.43 bits per heavy atom. The van der Waals surface area contributed by atoms with Gasteiger partial charge in [0.1, 0.15) is 5.52 Å². The number of nitrogens with zero attached hydrogens (tertiary/aromatic N) is 3. The van der Waals surface area contributed by atoms with Gasteiger partial charge in [-0.2, -0.15) is 0 Å². The van der Waals surface area contributed by atoms with Gasteiger partial charge >= 0.3 is 0 Å². The SMILES string of the molecule is O=C(NO)C1C(Cn2nnc3ccccc3c2=O)CCC1Sc1ccc(-c2ccc(Cl)cc2)cc1. The molecule has 3 unspecified atom stereocenters. The topological polar surface area (TPSA) is 97.1 Å². The van der Waals surface area contributed by atoms with Crippen molar-refractivity contribution in [2.75, 3.05) is 0 Å². The average Bonchev–Trinajstić information content (AvgIpc) is 3.28. The number of hydrogen-bond acceptors (Lipinski definition) is 6. The molecule has 3 atom stereocenters. The molecule has 0 spiro atoms. The second-order valence-corrected chi connectivity index (χ2v) is 10.4. The molecule has 1 aliphatic rings. The summed E-state index contributed by atoms with van der Waals surface area (Å²) in [4.78, 5) is 26.6. The van der Waals surface area contributed by atoms with Gasteiger partial charge in [-0.15, -0.1) is 16.9 Å². The second kappa shape index (κ2) is 10.2. The molecule has 1 aromatic heterocycles. The van der Waals surface area contributed by atoms with Crippen molar-refractivity contribution in [3.63, 3.8) is 0 Å². The Hall–Kier alpha value is -3.20. The normalized spacial score (nSPS) is 19.7. The molecule has 1 saturated carbocycles. The molecule has 0 saturated heterocycles. The van der Waals surface area contributed by atoms with Gasteiger partial charge in [0, 0.05) is 15.2 Å². The van der Waals surface area contributed by atoms with E-state index in [1.165, 1.54) is 4.68 Å². The van der Waals surface area contributed by atoms with Crippen molar-refractivity contribution < 1.29 is 10.0 Å². The molecule has 2 N–H and O–H groups in total. The van der Waals surface area contributed by atoms with E-state index in [1.54, 1.807) is 30.0 Å². The van der Waals surface area contributed by atoms with Crippen LogP contribution < -0.4 is 11.0 Å². The molecule has 35 heavy (non-hydrogen) atoms. The van der Waals surface area contributed by atoms with E-state index in [-0.39, 0.29) is 23.3 Å². The number of carbonyl (C=O) groups is 1. The van der Waals surface area contributed by atoms with Crippen molar-refractivity contribution in [3.8, 4) is 11.1 Å². The van der Waals surface area contributed by atoms with E-state index in [9.17, 15) is 14.8 Å². The number of thioether (sulfide) groups is 1. The predicted molar refractivity (Wildman–Crippen MR) is 136 cm³/mol. The van der Waals surface area contributed by atoms with Crippen LogP contribution in [0.15, 0.2) is 82.5 Å². The van der Waals surface area contributed by atoms with E-state index in [4.69, 9.17) is 11.6 Å². The smallest absolute Gasteiger partial charge is 0.277 e. The van der Waals surface area contributed by atoms with Crippen LogP contribution in [0.1, 0.15) is 12.8 Å². The number of fused-ring (bicyclic) bond motifs is 1. The third-order valence-electron chi connectivity index (χ3n) is 6.50. The molecule has 1 heterocycles. The molecule has 9 heteroatoms. The lowest BCUT2D eigenvalue weighted by molar-refractivity contribution is -0.134. The Labute approximate surface area is 211 Å². The van der Waals surface area contributed by atoms with Gasteiger partial charge in [0.25, 0.3) is 5.56 Å². The van der Waals surface area contributed by atoms with Crippen molar-refractivity contribution in [3.05, 3.63) is 88.2 Å². The van der Waals surface area contributed by atoms with Gasteiger partial charge in [-0.05, 0) is 66.3 Å². The summed E-state index contributed by atoms with van der Waals surface area (Å²) >= 11 is 7.60. The number of hydrogen-bond donors (Lipinski definition) is 2. The first-order valence-corrected chi connectivity index (χ1v) is 12.6. The highest BCUT2D eigenvalue weighted by molar-refractivity contribution is 8.00. The number of benzene rings is 3. The van der Waals surface area contributed by atoms with Crippen LogP contribution in [-0.4, -0.2) is 31.4 Å². The zero-order valence-corrected chi connectivity index (χ0v) is 20.2. The van der Waals surface area contributed by atoms with Crippen molar-refractivity contribution >= 4 is 40.2 Å². The Balaban J connectivity index is 1.34. The van der Waals surface area contributed by atoms with Crippen LogP contribution in [0.2, 0.25) is 5.02 Å². The fourth-order valence-corrected chi connectivity index (χ4v) is 6.26. The number of hydroxylamine groups is 1. The van der Waals surface area contributed by atoms with E-state index in [0.29, 0.717) is 15.9 Å². The molecular formula is C26H23ClN4O3S. The molecule has 0 bridgehead atoms. The maximum absolute atomic E-state index is 12.9. The molecule has 5 rings (SSSR count). The summed E-state index contributed by atoms with van der Waals surface area (Å²) in [6.07, 6.45) is 1.52. The fourth-order valence-electron chi connectivity index (χ4n) is 4.74. The molecule has 1 aliphatic carbocycles. The van der Waals surface area contributed by atoms with E-state index in [2.05, 4.69) is 10.3 Å². The largest absolute Gasteiger partial charge is 0.289 e. The van der Waals surface area contributed by atoms with Gasteiger partial charge < -0.3 is 0 Å². The third kappa shape index (κ3) is 4.96. The zero-order valence-electron chi connectivity index (χ0n) is 18.7.